The summed E-state index contributed by atoms with van der Waals surface area (Å²) in [6, 6.07) is 39.5. The minimum atomic E-state index is 0.465. The SMILES string of the molecule is COc1ccc(OC)o1.N#Cc1ccccc1-n1cccc1.N#Cc1ccccc1-n1cccc1Br.N#Cc1ccccc1N.[B]=NS. The number of nitrogen functional groups attached to an aromatic ring is 1. The fourth-order valence-corrected chi connectivity index (χ4v) is 4.21. The molecule has 0 aliphatic carbocycles. The zero-order valence-electron chi connectivity index (χ0n) is 26.0. The third-order valence-corrected chi connectivity index (χ3v) is 6.58. The Labute approximate surface area is 294 Å². The summed E-state index contributed by atoms with van der Waals surface area (Å²) in [5.74, 6) is 0.929. The van der Waals surface area contributed by atoms with Gasteiger partial charge in [-0.15, -0.1) is 0 Å². The molecule has 0 amide bonds. The molecule has 3 aromatic heterocycles. The van der Waals surface area contributed by atoms with Crippen LogP contribution in [0.15, 0.2) is 141 Å². The first-order valence-electron chi connectivity index (χ1n) is 13.8. The van der Waals surface area contributed by atoms with Crippen LogP contribution in [-0.4, -0.2) is 31.0 Å². The number of nitrogens with zero attached hydrogens (tertiary/aromatic N) is 6. The topological polar surface area (TPSA) is 151 Å². The van der Waals surface area contributed by atoms with Crippen molar-refractivity contribution < 1.29 is 13.9 Å². The van der Waals surface area contributed by atoms with Gasteiger partial charge in [0.1, 0.15) is 18.2 Å². The minimum absolute atomic E-state index is 0.465. The number of thiol groups is 1. The Morgan fingerprint density at radius 1 is 0.688 bits per heavy atom. The van der Waals surface area contributed by atoms with E-state index in [0.717, 1.165) is 16.0 Å². The molecule has 0 fully saturated rings. The predicted molar refractivity (Wildman–Crippen MR) is 193 cm³/mol. The van der Waals surface area contributed by atoms with E-state index in [-0.39, 0.29) is 0 Å². The molecule has 0 saturated carbocycles. The molecule has 6 rings (SSSR count). The van der Waals surface area contributed by atoms with Crippen LogP contribution in [0.25, 0.3) is 11.4 Å². The van der Waals surface area contributed by atoms with Gasteiger partial charge in [0.25, 0.3) is 11.9 Å². The predicted octanol–water partition coefficient (Wildman–Crippen LogP) is 8.08. The Morgan fingerprint density at radius 2 is 1.15 bits per heavy atom. The van der Waals surface area contributed by atoms with Gasteiger partial charge in [0.05, 0.1) is 46.9 Å². The number of rotatable bonds is 4. The van der Waals surface area contributed by atoms with Crippen LogP contribution in [0.4, 0.5) is 5.69 Å². The number of benzene rings is 3. The van der Waals surface area contributed by atoms with E-state index in [9.17, 15) is 0 Å². The maximum atomic E-state index is 8.93. The van der Waals surface area contributed by atoms with Crippen LogP contribution >= 0.6 is 28.7 Å². The number of halogens is 1. The van der Waals surface area contributed by atoms with E-state index < -0.39 is 0 Å². The Hall–Kier alpha value is -5.94. The molecule has 3 heterocycles. The Morgan fingerprint density at radius 3 is 1.56 bits per heavy atom. The molecule has 0 unspecified atom stereocenters. The van der Waals surface area contributed by atoms with Crippen molar-refractivity contribution in [3.8, 4) is 41.5 Å². The summed E-state index contributed by atoms with van der Waals surface area (Å²) >= 11 is 6.61. The second kappa shape index (κ2) is 21.7. The van der Waals surface area contributed by atoms with Gasteiger partial charge in [-0.3, -0.25) is 0 Å². The zero-order valence-corrected chi connectivity index (χ0v) is 28.5. The Kier molecular flexibility index (Phi) is 17.3. The third kappa shape index (κ3) is 12.1. The quantitative estimate of drug-likeness (QED) is 0.106. The molecule has 2 N–H and O–H groups in total. The van der Waals surface area contributed by atoms with Crippen molar-refractivity contribution in [1.82, 2.24) is 9.13 Å². The molecule has 239 valence electrons. The number of anilines is 1. The van der Waals surface area contributed by atoms with Crippen LogP contribution in [0.5, 0.6) is 11.9 Å². The van der Waals surface area contributed by atoms with Crippen molar-refractivity contribution in [3.63, 3.8) is 0 Å². The first kappa shape index (κ1) is 38.2. The second-order valence-electron chi connectivity index (χ2n) is 8.85. The molecule has 3 aromatic carbocycles. The molecule has 10 nitrogen and oxygen atoms in total. The summed E-state index contributed by atoms with van der Waals surface area (Å²) in [7, 11) is 7.42. The summed E-state index contributed by atoms with van der Waals surface area (Å²) in [5.41, 5.74) is 9.67. The number of aromatic nitrogens is 2. The number of hydrogen-bond acceptors (Lipinski definition) is 9. The molecular weight excluding hydrogens is 689 g/mol. The number of methoxy groups -OCH3 is 2. The number of ether oxygens (including phenoxy) is 2. The van der Waals surface area contributed by atoms with Crippen molar-refractivity contribution in [3.05, 3.63) is 149 Å². The van der Waals surface area contributed by atoms with Crippen molar-refractivity contribution in [2.45, 2.75) is 0 Å². The van der Waals surface area contributed by atoms with E-state index in [1.807, 2.05) is 107 Å². The normalized spacial score (nSPS) is 8.92. The van der Waals surface area contributed by atoms with Crippen LogP contribution in [0.3, 0.4) is 0 Å². The number of para-hydroxylation sites is 3. The molecule has 6 aromatic rings. The van der Waals surface area contributed by atoms with Crippen molar-refractivity contribution >= 4 is 42.1 Å². The Balaban J connectivity index is 0.000000220. The zero-order chi connectivity index (χ0) is 35.1. The van der Waals surface area contributed by atoms with Crippen LogP contribution in [0.2, 0.25) is 0 Å². The van der Waals surface area contributed by atoms with E-state index in [2.05, 4.69) is 52.8 Å². The maximum absolute atomic E-state index is 8.93. The fraction of sp³-hybridized carbons (Fsp3) is 0.0571. The third-order valence-electron chi connectivity index (χ3n) is 5.93. The molecule has 0 atom stereocenters. The summed E-state index contributed by atoms with van der Waals surface area (Å²) in [4.78, 5) is 0. The standard InChI is InChI=1S/C11H7BrN2.C11H8N2.C7H6N2.C6H8O3.BHNS/c12-11-6-3-7-14(11)10-5-2-1-4-9(10)8-13;12-9-10-5-1-2-6-11(10)13-7-3-4-8-13;8-5-6-3-1-2-4-7(6)9;1-7-5-3-4-6(8-2)9-5;1-2-3/h1-7H;1-8H;1-4H,9H2;3-4H,1-2H3;3H. The van der Waals surface area contributed by atoms with Gasteiger partial charge in [-0.25, -0.2) is 0 Å². The molecule has 0 saturated heterocycles. The molecule has 48 heavy (non-hydrogen) atoms. The average Bonchev–Trinajstić information content (AvgIpc) is 3.92. The van der Waals surface area contributed by atoms with Gasteiger partial charge in [0, 0.05) is 36.4 Å². The van der Waals surface area contributed by atoms with Gasteiger partial charge in [0.15, 0.2) is 0 Å². The van der Waals surface area contributed by atoms with E-state index in [0.29, 0.717) is 34.3 Å². The number of nitriles is 3. The first-order valence-corrected chi connectivity index (χ1v) is 15.0. The van der Waals surface area contributed by atoms with Gasteiger partial charge < -0.3 is 28.8 Å². The van der Waals surface area contributed by atoms with Crippen LogP contribution in [0.1, 0.15) is 16.7 Å². The molecular formula is C35H30BBrN7O3S. The van der Waals surface area contributed by atoms with Gasteiger partial charge >= 0.3 is 24.8 Å². The van der Waals surface area contributed by atoms with E-state index in [1.165, 1.54) is 14.2 Å². The summed E-state index contributed by atoms with van der Waals surface area (Å²) in [5, 5.41) is 26.2. The summed E-state index contributed by atoms with van der Waals surface area (Å²) in [6.45, 7) is 0. The monoisotopic (exact) mass is 718 g/mol. The summed E-state index contributed by atoms with van der Waals surface area (Å²) < 4.78 is 21.9. The van der Waals surface area contributed by atoms with Gasteiger partial charge in [-0.1, -0.05) is 36.4 Å². The van der Waals surface area contributed by atoms with Gasteiger partial charge in [-0.2, -0.15) is 15.8 Å². The Bertz CT molecular complexity index is 1950. The fourth-order valence-electron chi connectivity index (χ4n) is 3.74. The number of furan rings is 1. The molecule has 13 heteroatoms. The van der Waals surface area contributed by atoms with Gasteiger partial charge in [0.2, 0.25) is 0 Å². The van der Waals surface area contributed by atoms with Crippen LogP contribution in [-0.2, 0) is 0 Å². The number of nitrogens with two attached hydrogens (primary N) is 1. The van der Waals surface area contributed by atoms with Crippen molar-refractivity contribution in [2.75, 3.05) is 20.0 Å². The van der Waals surface area contributed by atoms with Crippen molar-refractivity contribution in [2.24, 2.45) is 4.30 Å². The summed E-state index contributed by atoms with van der Waals surface area (Å²) in [6.07, 6.45) is 5.77. The second-order valence-corrected chi connectivity index (χ2v) is 9.89. The molecule has 0 aliphatic heterocycles. The van der Waals surface area contributed by atoms with E-state index >= 15 is 0 Å². The van der Waals surface area contributed by atoms with Crippen molar-refractivity contribution in [1.29, 1.82) is 15.8 Å². The first-order chi connectivity index (χ1) is 23.4. The van der Waals surface area contributed by atoms with E-state index in [4.69, 9.17) is 35.4 Å². The molecule has 1 radical (unpaired) electrons. The average molecular weight is 719 g/mol. The molecule has 0 aliphatic rings. The molecule has 0 spiro atoms. The van der Waals surface area contributed by atoms with E-state index in [1.54, 1.807) is 36.4 Å². The van der Waals surface area contributed by atoms with Crippen LogP contribution < -0.4 is 15.2 Å². The molecule has 0 bridgehead atoms. The van der Waals surface area contributed by atoms with Crippen LogP contribution in [0, 0.1) is 34.0 Å². The van der Waals surface area contributed by atoms with Gasteiger partial charge in [-0.05, 0) is 76.6 Å². The number of hydrogen-bond donors (Lipinski definition) is 2.